The molecule has 0 unspecified atom stereocenters. The van der Waals surface area contributed by atoms with Gasteiger partial charge in [-0.3, -0.25) is 0 Å². The molecule has 1 aromatic heterocycles. The highest BCUT2D eigenvalue weighted by molar-refractivity contribution is 6.63. The van der Waals surface area contributed by atoms with E-state index >= 15 is 0 Å². The number of hydrogen-bond acceptors (Lipinski definition) is 9. The smallest absolute Gasteiger partial charge is 0.394 e. The lowest BCUT2D eigenvalue weighted by Gasteiger charge is -2.39. The molecular formula is C27H26BN3O6. The molecule has 5 rings (SSSR count). The van der Waals surface area contributed by atoms with Crippen LogP contribution in [-0.2, 0) is 9.31 Å². The Morgan fingerprint density at radius 1 is 0.541 bits per heavy atom. The second-order valence-electron chi connectivity index (χ2n) is 8.81. The summed E-state index contributed by atoms with van der Waals surface area (Å²) >= 11 is 0. The monoisotopic (exact) mass is 499 g/mol. The predicted octanol–water partition coefficient (Wildman–Crippen LogP) is 1.06. The zero-order valence-corrected chi connectivity index (χ0v) is 19.9. The van der Waals surface area contributed by atoms with E-state index in [4.69, 9.17) is 24.3 Å². The van der Waals surface area contributed by atoms with Gasteiger partial charge in [-0.15, -0.1) is 0 Å². The van der Waals surface area contributed by atoms with Gasteiger partial charge in [0.25, 0.3) is 0 Å². The Kier molecular flexibility index (Phi) is 7.12. The maximum absolute atomic E-state index is 10.1. The van der Waals surface area contributed by atoms with E-state index in [1.165, 1.54) is 0 Å². The fraction of sp³-hybridized carbons (Fsp3) is 0.222. The molecule has 1 saturated heterocycles. The Labute approximate surface area is 214 Å². The summed E-state index contributed by atoms with van der Waals surface area (Å²) in [7, 11) is -1.13. The molecule has 9 nitrogen and oxygen atoms in total. The summed E-state index contributed by atoms with van der Waals surface area (Å²) < 4.78 is 12.0. The van der Waals surface area contributed by atoms with Gasteiger partial charge in [0, 0.05) is 16.7 Å². The first-order valence-electron chi connectivity index (χ1n) is 11.8. The summed E-state index contributed by atoms with van der Waals surface area (Å²) in [5.74, 6) is 1.32. The molecular weight excluding hydrogens is 473 g/mol. The highest BCUT2D eigenvalue weighted by Crippen LogP contribution is 2.38. The molecule has 0 amide bonds. The average molecular weight is 499 g/mol. The Bertz CT molecular complexity index is 1270. The van der Waals surface area contributed by atoms with E-state index in [1.807, 2.05) is 66.7 Å². The zero-order valence-electron chi connectivity index (χ0n) is 19.9. The Morgan fingerprint density at radius 2 is 0.946 bits per heavy atom. The van der Waals surface area contributed by atoms with Crippen LogP contribution in [0.25, 0.3) is 34.2 Å². The van der Waals surface area contributed by atoms with Crippen LogP contribution in [0.15, 0.2) is 84.9 Å². The van der Waals surface area contributed by atoms with Crippen LogP contribution in [-0.4, -0.2) is 80.1 Å². The minimum absolute atomic E-state index is 0.361. The number of rotatable bonds is 8. The van der Waals surface area contributed by atoms with Gasteiger partial charge in [0.05, 0.1) is 26.4 Å². The molecule has 4 aromatic rings. The Hall–Kier alpha value is -3.51. The summed E-state index contributed by atoms with van der Waals surface area (Å²) in [4.78, 5) is 14.2. The number of nitrogens with zero attached hydrogens (tertiary/aromatic N) is 3. The molecule has 1 fully saturated rings. The molecule has 0 atom stereocenters. The van der Waals surface area contributed by atoms with E-state index < -0.39 is 44.7 Å². The van der Waals surface area contributed by atoms with Crippen molar-refractivity contribution in [2.75, 3.05) is 26.4 Å². The molecule has 0 saturated carbocycles. The lowest BCUT2D eigenvalue weighted by molar-refractivity contribution is -0.147. The highest BCUT2D eigenvalue weighted by atomic mass is 16.7. The lowest BCUT2D eigenvalue weighted by Crippen LogP contribution is -2.61. The van der Waals surface area contributed by atoms with Crippen LogP contribution in [0.4, 0.5) is 0 Å². The molecule has 3 aromatic carbocycles. The first kappa shape index (κ1) is 25.2. The van der Waals surface area contributed by atoms with Crippen molar-refractivity contribution in [2.45, 2.75) is 11.2 Å². The van der Waals surface area contributed by atoms with Gasteiger partial charge in [0.2, 0.25) is 0 Å². The summed E-state index contributed by atoms with van der Waals surface area (Å²) in [6.45, 7) is -2.70. The van der Waals surface area contributed by atoms with Gasteiger partial charge in [0.1, 0.15) is 11.2 Å². The van der Waals surface area contributed by atoms with Crippen LogP contribution in [0.1, 0.15) is 0 Å². The third-order valence-electron chi connectivity index (χ3n) is 6.67. The average Bonchev–Trinajstić information content (AvgIpc) is 3.33. The van der Waals surface area contributed by atoms with Gasteiger partial charge in [-0.05, 0) is 5.46 Å². The van der Waals surface area contributed by atoms with Crippen LogP contribution in [0.2, 0.25) is 0 Å². The standard InChI is InChI=1S/C27H26BN3O6/c32-15-26(16-33)27(17-34,18-35)37-28(36-26)22-14-8-7-13-21(22)25-30-23(19-9-3-1-4-10-19)29-24(31-25)20-11-5-2-6-12-20/h1-14,32-35H,15-18H2. The van der Waals surface area contributed by atoms with E-state index in [-0.39, 0.29) is 0 Å². The summed E-state index contributed by atoms with van der Waals surface area (Å²) in [6, 6.07) is 26.2. The molecule has 188 valence electrons. The van der Waals surface area contributed by atoms with Crippen molar-refractivity contribution in [3.63, 3.8) is 0 Å². The summed E-state index contributed by atoms with van der Waals surface area (Å²) in [5, 5.41) is 40.3. The largest absolute Gasteiger partial charge is 0.495 e. The van der Waals surface area contributed by atoms with E-state index in [0.29, 0.717) is 28.5 Å². The molecule has 0 spiro atoms. The molecule has 0 aliphatic carbocycles. The van der Waals surface area contributed by atoms with Crippen molar-refractivity contribution in [3.05, 3.63) is 84.9 Å². The van der Waals surface area contributed by atoms with Gasteiger partial charge in [-0.2, -0.15) is 0 Å². The molecule has 1 aliphatic rings. The summed E-state index contributed by atoms with van der Waals surface area (Å²) in [5.41, 5.74) is -0.751. The van der Waals surface area contributed by atoms with Crippen LogP contribution in [0.3, 0.4) is 0 Å². The predicted molar refractivity (Wildman–Crippen MR) is 137 cm³/mol. The van der Waals surface area contributed by atoms with E-state index in [9.17, 15) is 20.4 Å². The third kappa shape index (κ3) is 4.44. The van der Waals surface area contributed by atoms with Gasteiger partial charge < -0.3 is 29.7 Å². The molecule has 37 heavy (non-hydrogen) atoms. The number of benzene rings is 3. The van der Waals surface area contributed by atoms with Crippen molar-refractivity contribution in [2.24, 2.45) is 0 Å². The fourth-order valence-corrected chi connectivity index (χ4v) is 4.44. The first-order valence-corrected chi connectivity index (χ1v) is 11.8. The van der Waals surface area contributed by atoms with Crippen LogP contribution in [0.5, 0.6) is 0 Å². The molecule has 2 heterocycles. The van der Waals surface area contributed by atoms with Crippen LogP contribution >= 0.6 is 0 Å². The minimum Gasteiger partial charge on any atom is -0.394 e. The number of aliphatic hydroxyl groups is 4. The number of hydrogen-bond donors (Lipinski definition) is 4. The van der Waals surface area contributed by atoms with E-state index in [0.717, 1.165) is 11.1 Å². The van der Waals surface area contributed by atoms with Crippen molar-refractivity contribution >= 4 is 12.6 Å². The summed E-state index contributed by atoms with van der Waals surface area (Å²) in [6.07, 6.45) is 0. The normalized spacial score (nSPS) is 16.2. The van der Waals surface area contributed by atoms with Gasteiger partial charge in [0.15, 0.2) is 17.5 Å². The second-order valence-corrected chi connectivity index (χ2v) is 8.81. The van der Waals surface area contributed by atoms with Gasteiger partial charge in [-0.25, -0.2) is 15.0 Å². The Morgan fingerprint density at radius 3 is 1.41 bits per heavy atom. The van der Waals surface area contributed by atoms with Crippen molar-refractivity contribution < 1.29 is 29.7 Å². The Balaban J connectivity index is 1.65. The van der Waals surface area contributed by atoms with Crippen LogP contribution in [0, 0.1) is 0 Å². The number of aromatic nitrogens is 3. The van der Waals surface area contributed by atoms with Crippen LogP contribution < -0.4 is 5.46 Å². The highest BCUT2D eigenvalue weighted by Gasteiger charge is 2.62. The quantitative estimate of drug-likeness (QED) is 0.262. The van der Waals surface area contributed by atoms with Crippen molar-refractivity contribution in [1.29, 1.82) is 0 Å². The zero-order chi connectivity index (χ0) is 25.9. The molecule has 0 bridgehead atoms. The topological polar surface area (TPSA) is 138 Å². The van der Waals surface area contributed by atoms with Crippen molar-refractivity contribution in [1.82, 2.24) is 15.0 Å². The lowest BCUT2D eigenvalue weighted by atomic mass is 9.75. The first-order chi connectivity index (χ1) is 18.1. The van der Waals surface area contributed by atoms with E-state index in [1.54, 1.807) is 18.2 Å². The SMILES string of the molecule is OCC1(CO)OB(c2ccccc2-c2nc(-c3ccccc3)nc(-c3ccccc3)n2)OC1(CO)CO. The maximum atomic E-state index is 10.1. The number of aliphatic hydroxyl groups excluding tert-OH is 4. The van der Waals surface area contributed by atoms with Gasteiger partial charge >= 0.3 is 7.12 Å². The minimum atomic E-state index is -1.72. The maximum Gasteiger partial charge on any atom is 0.495 e. The molecule has 4 N–H and O–H groups in total. The fourth-order valence-electron chi connectivity index (χ4n) is 4.44. The van der Waals surface area contributed by atoms with E-state index in [2.05, 4.69) is 0 Å². The third-order valence-corrected chi connectivity index (χ3v) is 6.67. The molecule has 0 radical (unpaired) electrons. The van der Waals surface area contributed by atoms with Gasteiger partial charge in [-0.1, -0.05) is 84.9 Å². The molecule has 10 heteroatoms. The van der Waals surface area contributed by atoms with Crippen molar-refractivity contribution in [3.8, 4) is 34.2 Å². The second kappa shape index (κ2) is 10.5. The molecule has 1 aliphatic heterocycles.